The van der Waals surface area contributed by atoms with E-state index in [4.69, 9.17) is 17.3 Å². The molecule has 0 atom stereocenters. The molecule has 0 bridgehead atoms. The molecule has 0 aliphatic rings. The van der Waals surface area contributed by atoms with Gasteiger partial charge in [0, 0.05) is 11.6 Å². The summed E-state index contributed by atoms with van der Waals surface area (Å²) in [5.74, 6) is -0.575. The summed E-state index contributed by atoms with van der Waals surface area (Å²) in [5.41, 5.74) is 6.14. The number of rotatable bonds is 2. The van der Waals surface area contributed by atoms with E-state index in [2.05, 4.69) is 0 Å². The van der Waals surface area contributed by atoms with Gasteiger partial charge in [0.1, 0.15) is 11.5 Å². The van der Waals surface area contributed by atoms with Gasteiger partial charge in [-0.25, -0.2) is 4.39 Å². The zero-order valence-corrected chi connectivity index (χ0v) is 9.82. The first-order chi connectivity index (χ1) is 8.50. The Hall–Kier alpha value is -2.14. The second-order valence-electron chi connectivity index (χ2n) is 3.63. The SMILES string of the molecule is Nc1ccc(-c2cccc(F)c2Cl)cc1[N+](=O)[O-]. The number of nitro groups is 1. The predicted molar refractivity (Wildman–Crippen MR) is 67.9 cm³/mol. The zero-order chi connectivity index (χ0) is 13.3. The van der Waals surface area contributed by atoms with Crippen molar-refractivity contribution in [2.75, 3.05) is 5.73 Å². The zero-order valence-electron chi connectivity index (χ0n) is 9.06. The highest BCUT2D eigenvalue weighted by molar-refractivity contribution is 6.33. The molecule has 0 aliphatic heterocycles. The van der Waals surface area contributed by atoms with Crippen molar-refractivity contribution in [2.45, 2.75) is 0 Å². The van der Waals surface area contributed by atoms with Crippen molar-refractivity contribution < 1.29 is 9.31 Å². The van der Waals surface area contributed by atoms with Crippen LogP contribution in [0.5, 0.6) is 0 Å². The number of halogens is 2. The molecule has 0 aromatic heterocycles. The molecule has 0 unspecified atom stereocenters. The van der Waals surface area contributed by atoms with E-state index in [9.17, 15) is 14.5 Å². The van der Waals surface area contributed by atoms with Gasteiger partial charge in [-0.05, 0) is 17.7 Å². The minimum absolute atomic E-state index is 0.0521. The number of anilines is 1. The van der Waals surface area contributed by atoms with Gasteiger partial charge in [-0.3, -0.25) is 10.1 Å². The molecule has 6 heteroatoms. The molecule has 0 spiro atoms. The van der Waals surface area contributed by atoms with Gasteiger partial charge >= 0.3 is 0 Å². The molecule has 4 nitrogen and oxygen atoms in total. The molecule has 0 heterocycles. The predicted octanol–water partition coefficient (Wildman–Crippen LogP) is 3.64. The fourth-order valence-corrected chi connectivity index (χ4v) is 1.83. The van der Waals surface area contributed by atoms with E-state index in [1.807, 2.05) is 0 Å². The van der Waals surface area contributed by atoms with Gasteiger partial charge in [-0.2, -0.15) is 0 Å². The number of hydrogen-bond acceptors (Lipinski definition) is 3. The molecule has 18 heavy (non-hydrogen) atoms. The Morgan fingerprint density at radius 2 is 2.00 bits per heavy atom. The molecule has 92 valence electrons. The van der Waals surface area contributed by atoms with E-state index in [0.29, 0.717) is 11.1 Å². The summed E-state index contributed by atoms with van der Waals surface area (Å²) < 4.78 is 13.3. The van der Waals surface area contributed by atoms with Crippen molar-refractivity contribution in [3.05, 3.63) is 57.4 Å². The second kappa shape index (κ2) is 4.62. The molecular formula is C12H8ClFN2O2. The Labute approximate surface area is 107 Å². The highest BCUT2D eigenvalue weighted by atomic mass is 35.5. The quantitative estimate of drug-likeness (QED) is 0.512. The number of nitro benzene ring substituents is 1. The van der Waals surface area contributed by atoms with Crippen LogP contribution in [0.15, 0.2) is 36.4 Å². The van der Waals surface area contributed by atoms with Crippen molar-refractivity contribution in [1.29, 1.82) is 0 Å². The Balaban J connectivity index is 2.62. The normalized spacial score (nSPS) is 10.3. The fourth-order valence-electron chi connectivity index (χ4n) is 1.60. The van der Waals surface area contributed by atoms with E-state index >= 15 is 0 Å². The van der Waals surface area contributed by atoms with Crippen LogP contribution in [-0.4, -0.2) is 4.92 Å². The Morgan fingerprint density at radius 1 is 1.28 bits per heavy atom. The number of nitrogens with zero attached hydrogens (tertiary/aromatic N) is 1. The maximum Gasteiger partial charge on any atom is 0.292 e. The third-order valence-electron chi connectivity index (χ3n) is 2.49. The van der Waals surface area contributed by atoms with Crippen molar-refractivity contribution in [2.24, 2.45) is 0 Å². The van der Waals surface area contributed by atoms with Crippen LogP contribution >= 0.6 is 11.6 Å². The molecular weight excluding hydrogens is 259 g/mol. The first-order valence-electron chi connectivity index (χ1n) is 4.99. The topological polar surface area (TPSA) is 69.2 Å². The maximum absolute atomic E-state index is 13.3. The van der Waals surface area contributed by atoms with Crippen LogP contribution in [0.3, 0.4) is 0 Å². The molecule has 0 saturated heterocycles. The number of benzene rings is 2. The molecule has 2 N–H and O–H groups in total. The summed E-state index contributed by atoms with van der Waals surface area (Å²) in [6.45, 7) is 0. The molecule has 0 radical (unpaired) electrons. The van der Waals surface area contributed by atoms with Crippen LogP contribution in [0.1, 0.15) is 0 Å². The molecule has 2 aromatic rings. The lowest BCUT2D eigenvalue weighted by Gasteiger charge is -2.06. The Kier molecular flexibility index (Phi) is 3.16. The lowest BCUT2D eigenvalue weighted by Crippen LogP contribution is -1.96. The van der Waals surface area contributed by atoms with Gasteiger partial charge in [0.2, 0.25) is 0 Å². The summed E-state index contributed by atoms with van der Waals surface area (Å²) >= 11 is 5.82. The van der Waals surface area contributed by atoms with Crippen molar-refractivity contribution in [3.63, 3.8) is 0 Å². The van der Waals surface area contributed by atoms with Crippen LogP contribution in [0.2, 0.25) is 5.02 Å². The number of hydrogen-bond donors (Lipinski definition) is 1. The summed E-state index contributed by atoms with van der Waals surface area (Å²) in [6, 6.07) is 8.52. The van der Waals surface area contributed by atoms with Gasteiger partial charge in [-0.15, -0.1) is 0 Å². The third kappa shape index (κ3) is 2.12. The lowest BCUT2D eigenvalue weighted by molar-refractivity contribution is -0.383. The van der Waals surface area contributed by atoms with Gasteiger partial charge in [0.25, 0.3) is 5.69 Å². The van der Waals surface area contributed by atoms with E-state index in [1.165, 1.54) is 24.3 Å². The Bertz CT molecular complexity index is 631. The van der Waals surface area contributed by atoms with Gasteiger partial charge in [-0.1, -0.05) is 29.8 Å². The van der Waals surface area contributed by atoms with Gasteiger partial charge < -0.3 is 5.73 Å². The molecule has 0 amide bonds. The van der Waals surface area contributed by atoms with E-state index in [1.54, 1.807) is 12.1 Å². The average molecular weight is 267 g/mol. The van der Waals surface area contributed by atoms with E-state index < -0.39 is 10.7 Å². The largest absolute Gasteiger partial charge is 0.393 e. The number of nitrogens with two attached hydrogens (primary N) is 1. The lowest BCUT2D eigenvalue weighted by atomic mass is 10.0. The van der Waals surface area contributed by atoms with Gasteiger partial charge in [0.05, 0.1) is 9.95 Å². The van der Waals surface area contributed by atoms with E-state index in [-0.39, 0.29) is 16.4 Å². The second-order valence-corrected chi connectivity index (χ2v) is 4.01. The number of nitrogen functional groups attached to an aromatic ring is 1. The van der Waals surface area contributed by atoms with Gasteiger partial charge in [0.15, 0.2) is 0 Å². The monoisotopic (exact) mass is 266 g/mol. The van der Waals surface area contributed by atoms with Crippen LogP contribution < -0.4 is 5.73 Å². The first-order valence-corrected chi connectivity index (χ1v) is 5.37. The molecule has 2 rings (SSSR count). The molecule has 2 aromatic carbocycles. The minimum atomic E-state index is -0.591. The van der Waals surface area contributed by atoms with Crippen LogP contribution in [0.25, 0.3) is 11.1 Å². The summed E-state index contributed by atoms with van der Waals surface area (Å²) in [7, 11) is 0. The van der Waals surface area contributed by atoms with Crippen LogP contribution in [0.4, 0.5) is 15.8 Å². The van der Waals surface area contributed by atoms with Crippen LogP contribution in [-0.2, 0) is 0 Å². The van der Waals surface area contributed by atoms with Crippen molar-refractivity contribution >= 4 is 23.0 Å². The Morgan fingerprint density at radius 3 is 2.67 bits per heavy atom. The fraction of sp³-hybridized carbons (Fsp3) is 0. The van der Waals surface area contributed by atoms with Crippen molar-refractivity contribution in [1.82, 2.24) is 0 Å². The first kappa shape index (κ1) is 12.3. The average Bonchev–Trinajstić information content (AvgIpc) is 2.33. The van der Waals surface area contributed by atoms with Crippen LogP contribution in [0, 0.1) is 15.9 Å². The summed E-state index contributed by atoms with van der Waals surface area (Å²) in [6.07, 6.45) is 0. The molecule has 0 fully saturated rings. The summed E-state index contributed by atoms with van der Waals surface area (Å²) in [5, 5.41) is 10.7. The molecule has 0 saturated carbocycles. The highest BCUT2D eigenvalue weighted by Gasteiger charge is 2.15. The van der Waals surface area contributed by atoms with E-state index in [0.717, 1.165) is 0 Å². The minimum Gasteiger partial charge on any atom is -0.393 e. The maximum atomic E-state index is 13.3. The smallest absolute Gasteiger partial charge is 0.292 e. The third-order valence-corrected chi connectivity index (χ3v) is 2.87. The summed E-state index contributed by atoms with van der Waals surface area (Å²) in [4.78, 5) is 10.2. The standard InChI is InChI=1S/C12H8ClFN2O2/c13-12-8(2-1-3-9(12)14)7-4-5-10(15)11(6-7)16(17)18/h1-6H,15H2. The highest BCUT2D eigenvalue weighted by Crippen LogP contribution is 2.33. The van der Waals surface area contributed by atoms with Crippen molar-refractivity contribution in [3.8, 4) is 11.1 Å². The molecule has 0 aliphatic carbocycles.